The van der Waals surface area contributed by atoms with Gasteiger partial charge in [-0.2, -0.15) is 13.2 Å². The van der Waals surface area contributed by atoms with Crippen LogP contribution in [0.15, 0.2) is 42.5 Å². The second-order valence-electron chi connectivity index (χ2n) is 7.20. The maximum absolute atomic E-state index is 12.7. The van der Waals surface area contributed by atoms with Crippen molar-refractivity contribution >= 4 is 28.9 Å². The molecule has 1 saturated heterocycles. The predicted molar refractivity (Wildman–Crippen MR) is 109 cm³/mol. The van der Waals surface area contributed by atoms with Gasteiger partial charge < -0.3 is 4.90 Å². The van der Waals surface area contributed by atoms with Gasteiger partial charge in [-0.05, 0) is 61.7 Å². The molecule has 0 amide bonds. The highest BCUT2D eigenvalue weighted by atomic mass is 35.5. The molecule has 28 heavy (non-hydrogen) atoms. The average molecular weight is 431 g/mol. The van der Waals surface area contributed by atoms with Gasteiger partial charge in [0.05, 0.1) is 15.6 Å². The molecule has 0 spiro atoms. The lowest BCUT2D eigenvalue weighted by Crippen LogP contribution is -2.49. The Bertz CT molecular complexity index is 785. The van der Waals surface area contributed by atoms with Crippen LogP contribution in [0.2, 0.25) is 10.0 Å². The topological polar surface area (TPSA) is 6.48 Å². The Morgan fingerprint density at radius 2 is 1.57 bits per heavy atom. The van der Waals surface area contributed by atoms with Crippen LogP contribution in [-0.2, 0) is 12.6 Å². The van der Waals surface area contributed by atoms with E-state index in [-0.39, 0.29) is 0 Å². The van der Waals surface area contributed by atoms with Crippen molar-refractivity contribution in [2.75, 3.05) is 31.1 Å². The molecule has 2 aromatic rings. The highest BCUT2D eigenvalue weighted by molar-refractivity contribution is 6.42. The smallest absolute Gasteiger partial charge is 0.369 e. The zero-order chi connectivity index (χ0) is 20.3. The summed E-state index contributed by atoms with van der Waals surface area (Å²) in [6.07, 6.45) is -2.35. The Balaban J connectivity index is 1.49. The van der Waals surface area contributed by atoms with Gasteiger partial charge in [0.25, 0.3) is 0 Å². The van der Waals surface area contributed by atoms with Crippen LogP contribution in [0.4, 0.5) is 18.9 Å². The van der Waals surface area contributed by atoms with Crippen LogP contribution in [0.5, 0.6) is 0 Å². The summed E-state index contributed by atoms with van der Waals surface area (Å²) >= 11 is 12.0. The zero-order valence-corrected chi connectivity index (χ0v) is 17.2. The highest BCUT2D eigenvalue weighted by Crippen LogP contribution is 2.31. The Hall–Kier alpha value is -1.43. The van der Waals surface area contributed by atoms with Crippen molar-refractivity contribution in [3.05, 3.63) is 63.6 Å². The van der Waals surface area contributed by atoms with Crippen molar-refractivity contribution in [3.8, 4) is 0 Å². The van der Waals surface area contributed by atoms with Gasteiger partial charge in [-0.3, -0.25) is 4.90 Å². The molecule has 1 heterocycles. The molecule has 2 aromatic carbocycles. The Kier molecular flexibility index (Phi) is 6.79. The van der Waals surface area contributed by atoms with Gasteiger partial charge in [0.15, 0.2) is 0 Å². The number of halogens is 5. The van der Waals surface area contributed by atoms with Crippen molar-refractivity contribution in [1.29, 1.82) is 0 Å². The van der Waals surface area contributed by atoms with Gasteiger partial charge in [-0.1, -0.05) is 29.3 Å². The fraction of sp³-hybridized carbons (Fsp3) is 0.429. The minimum Gasteiger partial charge on any atom is -0.369 e. The summed E-state index contributed by atoms with van der Waals surface area (Å²) in [6.45, 7) is 5.61. The standard InChI is InChI=1S/C21H23Cl2F3N2/c1-15(2-3-16-4-9-19(22)20(23)14-16)27-10-12-28(13-11-27)18-7-5-17(6-8-18)21(24,25)26/h4-9,14-15H,2-3,10-13H2,1H3. The largest absolute Gasteiger partial charge is 0.416 e. The monoisotopic (exact) mass is 430 g/mol. The first kappa shape index (κ1) is 21.3. The number of rotatable bonds is 5. The van der Waals surface area contributed by atoms with Crippen molar-refractivity contribution in [2.24, 2.45) is 0 Å². The molecule has 7 heteroatoms. The maximum atomic E-state index is 12.7. The summed E-state index contributed by atoms with van der Waals surface area (Å²) in [7, 11) is 0. The minimum absolute atomic E-state index is 0.421. The van der Waals surface area contributed by atoms with Gasteiger partial charge in [0, 0.05) is 37.9 Å². The summed E-state index contributed by atoms with van der Waals surface area (Å²) in [5.74, 6) is 0. The van der Waals surface area contributed by atoms with E-state index in [1.165, 1.54) is 5.56 Å². The third-order valence-electron chi connectivity index (χ3n) is 5.33. The first-order chi connectivity index (χ1) is 13.2. The molecular weight excluding hydrogens is 408 g/mol. The average Bonchev–Trinajstić information content (AvgIpc) is 2.68. The summed E-state index contributed by atoms with van der Waals surface area (Å²) in [6, 6.07) is 11.6. The second-order valence-corrected chi connectivity index (χ2v) is 8.02. The van der Waals surface area contributed by atoms with Crippen LogP contribution in [0, 0.1) is 0 Å². The molecule has 0 saturated carbocycles. The maximum Gasteiger partial charge on any atom is 0.416 e. The van der Waals surface area contributed by atoms with Crippen LogP contribution in [0.25, 0.3) is 0 Å². The van der Waals surface area contributed by atoms with Gasteiger partial charge in [-0.25, -0.2) is 0 Å². The van der Waals surface area contributed by atoms with Gasteiger partial charge in [0.2, 0.25) is 0 Å². The van der Waals surface area contributed by atoms with Crippen LogP contribution in [0.3, 0.4) is 0 Å². The Labute approximate surface area is 173 Å². The number of hydrogen-bond acceptors (Lipinski definition) is 2. The van der Waals surface area contributed by atoms with E-state index < -0.39 is 11.7 Å². The van der Waals surface area contributed by atoms with E-state index in [9.17, 15) is 13.2 Å². The van der Waals surface area contributed by atoms with Gasteiger partial charge >= 0.3 is 6.18 Å². The summed E-state index contributed by atoms with van der Waals surface area (Å²) in [5, 5.41) is 1.15. The number of piperazine rings is 1. The van der Waals surface area contributed by atoms with E-state index in [2.05, 4.69) is 16.7 Å². The first-order valence-corrected chi connectivity index (χ1v) is 10.1. The van der Waals surface area contributed by atoms with E-state index in [0.717, 1.165) is 56.8 Å². The molecule has 152 valence electrons. The number of aryl methyl sites for hydroxylation is 1. The fourth-order valence-corrected chi connectivity index (χ4v) is 3.86. The number of anilines is 1. The van der Waals surface area contributed by atoms with Gasteiger partial charge in [0.1, 0.15) is 0 Å². The van der Waals surface area contributed by atoms with Crippen molar-refractivity contribution in [1.82, 2.24) is 4.90 Å². The normalized spacial score (nSPS) is 17.0. The first-order valence-electron chi connectivity index (χ1n) is 9.34. The molecular formula is C21H23Cl2F3N2. The van der Waals surface area contributed by atoms with Crippen LogP contribution in [0.1, 0.15) is 24.5 Å². The molecule has 0 N–H and O–H groups in total. The minimum atomic E-state index is -4.29. The summed E-state index contributed by atoms with van der Waals surface area (Å²) in [5.41, 5.74) is 1.41. The lowest BCUT2D eigenvalue weighted by atomic mass is 10.0. The third kappa shape index (κ3) is 5.34. The molecule has 0 bridgehead atoms. The Morgan fingerprint density at radius 1 is 0.929 bits per heavy atom. The molecule has 2 nitrogen and oxygen atoms in total. The second kappa shape index (κ2) is 8.93. The molecule has 0 radical (unpaired) electrons. The molecule has 3 rings (SSSR count). The van der Waals surface area contributed by atoms with E-state index in [4.69, 9.17) is 23.2 Å². The van der Waals surface area contributed by atoms with Gasteiger partial charge in [-0.15, -0.1) is 0 Å². The lowest BCUT2D eigenvalue weighted by Gasteiger charge is -2.39. The zero-order valence-electron chi connectivity index (χ0n) is 15.6. The Morgan fingerprint density at radius 3 is 2.14 bits per heavy atom. The summed E-state index contributed by atoms with van der Waals surface area (Å²) < 4.78 is 38.1. The molecule has 0 aliphatic carbocycles. The molecule has 1 aliphatic heterocycles. The highest BCUT2D eigenvalue weighted by Gasteiger charge is 2.30. The molecule has 1 aliphatic rings. The SMILES string of the molecule is CC(CCc1ccc(Cl)c(Cl)c1)N1CCN(c2ccc(C(F)(F)F)cc2)CC1. The van der Waals surface area contributed by atoms with E-state index in [1.807, 2.05) is 18.2 Å². The van der Waals surface area contributed by atoms with Crippen molar-refractivity contribution in [2.45, 2.75) is 32.0 Å². The molecule has 1 atom stereocenters. The number of alkyl halides is 3. The molecule has 1 fully saturated rings. The lowest BCUT2D eigenvalue weighted by molar-refractivity contribution is -0.137. The number of benzene rings is 2. The third-order valence-corrected chi connectivity index (χ3v) is 6.07. The quantitative estimate of drug-likeness (QED) is 0.560. The van der Waals surface area contributed by atoms with Crippen LogP contribution < -0.4 is 4.90 Å². The molecule has 1 unspecified atom stereocenters. The summed E-state index contributed by atoms with van der Waals surface area (Å²) in [4.78, 5) is 4.57. The van der Waals surface area contributed by atoms with Crippen molar-refractivity contribution < 1.29 is 13.2 Å². The van der Waals surface area contributed by atoms with Crippen LogP contribution >= 0.6 is 23.2 Å². The van der Waals surface area contributed by atoms with Crippen molar-refractivity contribution in [3.63, 3.8) is 0 Å². The van der Waals surface area contributed by atoms with E-state index in [0.29, 0.717) is 16.1 Å². The number of nitrogens with zero attached hydrogens (tertiary/aromatic N) is 2. The number of hydrogen-bond donors (Lipinski definition) is 0. The van der Waals surface area contributed by atoms with E-state index >= 15 is 0 Å². The molecule has 0 aromatic heterocycles. The van der Waals surface area contributed by atoms with Crippen LogP contribution in [-0.4, -0.2) is 37.1 Å². The fourth-order valence-electron chi connectivity index (χ4n) is 3.54. The van der Waals surface area contributed by atoms with E-state index in [1.54, 1.807) is 12.1 Å². The predicted octanol–water partition coefficient (Wildman–Crippen LogP) is 6.16.